The molecule has 1 atom stereocenters. The third kappa shape index (κ3) is 5.11. The summed E-state index contributed by atoms with van der Waals surface area (Å²) in [5.74, 6) is -0.0817. The molecule has 8 heteroatoms. The van der Waals surface area contributed by atoms with Crippen molar-refractivity contribution in [2.24, 2.45) is 0 Å². The predicted molar refractivity (Wildman–Crippen MR) is 110 cm³/mol. The van der Waals surface area contributed by atoms with Crippen molar-refractivity contribution in [2.45, 2.75) is 17.9 Å². The lowest BCUT2D eigenvalue weighted by molar-refractivity contribution is -0.123. The van der Waals surface area contributed by atoms with Crippen LogP contribution in [0.15, 0.2) is 59.5 Å². The van der Waals surface area contributed by atoms with Crippen LogP contribution < -0.4 is 5.32 Å². The van der Waals surface area contributed by atoms with Crippen LogP contribution in [-0.2, 0) is 14.8 Å². The Balaban J connectivity index is 1.50. The molecule has 0 aliphatic carbocycles. The van der Waals surface area contributed by atoms with Crippen molar-refractivity contribution in [3.8, 4) is 0 Å². The normalized spacial score (nSPS) is 17.2. The maximum atomic E-state index is 12.7. The average Bonchev–Trinajstić information content (AvgIpc) is 2.69. The Morgan fingerprint density at radius 2 is 1.64 bits per heavy atom. The molecule has 1 aliphatic rings. The van der Waals surface area contributed by atoms with Crippen molar-refractivity contribution in [1.29, 1.82) is 0 Å². The molecule has 3 rings (SSSR count). The first-order valence-corrected chi connectivity index (χ1v) is 11.0. The number of hydrogen-bond donors (Lipinski definition) is 1. The first-order valence-electron chi connectivity index (χ1n) is 9.18. The van der Waals surface area contributed by atoms with Crippen LogP contribution in [-0.4, -0.2) is 56.3 Å². The standard InChI is InChI=1S/C20H24ClN3O3S/c1-16(17-7-9-18(21)10-8-17)22-20(25)15-23-11-13-24(14-12-23)28(26,27)19-5-3-2-4-6-19/h2-10,16H,11-15H2,1H3,(H,22,25)/t16-/m0/s1. The minimum absolute atomic E-state index is 0.0817. The number of carbonyl (C=O) groups is 1. The van der Waals surface area contributed by atoms with Gasteiger partial charge in [-0.05, 0) is 36.8 Å². The van der Waals surface area contributed by atoms with Gasteiger partial charge in [0.25, 0.3) is 0 Å². The van der Waals surface area contributed by atoms with Crippen LogP contribution in [0.2, 0.25) is 5.02 Å². The van der Waals surface area contributed by atoms with E-state index in [9.17, 15) is 13.2 Å². The fraction of sp³-hybridized carbons (Fsp3) is 0.350. The van der Waals surface area contributed by atoms with E-state index >= 15 is 0 Å². The monoisotopic (exact) mass is 421 g/mol. The van der Waals surface area contributed by atoms with E-state index < -0.39 is 10.0 Å². The highest BCUT2D eigenvalue weighted by molar-refractivity contribution is 7.89. The van der Waals surface area contributed by atoms with E-state index in [4.69, 9.17) is 11.6 Å². The fourth-order valence-corrected chi connectivity index (χ4v) is 4.76. The number of hydrogen-bond acceptors (Lipinski definition) is 4. The topological polar surface area (TPSA) is 69.7 Å². The Labute approximate surface area is 171 Å². The molecule has 2 aromatic rings. The second kappa shape index (κ2) is 9.05. The molecule has 0 saturated carbocycles. The van der Waals surface area contributed by atoms with Gasteiger partial charge in [0.15, 0.2) is 0 Å². The molecule has 2 aromatic carbocycles. The van der Waals surface area contributed by atoms with Gasteiger partial charge in [0, 0.05) is 31.2 Å². The molecule has 1 N–H and O–H groups in total. The van der Waals surface area contributed by atoms with Crippen LogP contribution in [0.25, 0.3) is 0 Å². The Bertz CT molecular complexity index is 896. The number of amides is 1. The lowest BCUT2D eigenvalue weighted by atomic mass is 10.1. The SMILES string of the molecule is C[C@H](NC(=O)CN1CCN(S(=O)(=O)c2ccccc2)CC1)c1ccc(Cl)cc1. The van der Waals surface area contributed by atoms with E-state index in [1.54, 1.807) is 42.5 Å². The molecule has 1 heterocycles. The molecule has 0 radical (unpaired) electrons. The third-order valence-corrected chi connectivity index (χ3v) is 6.99. The molecule has 1 aliphatic heterocycles. The number of benzene rings is 2. The summed E-state index contributed by atoms with van der Waals surface area (Å²) < 4.78 is 26.8. The number of piperazine rings is 1. The van der Waals surface area contributed by atoms with Crippen molar-refractivity contribution >= 4 is 27.5 Å². The first-order chi connectivity index (χ1) is 13.4. The Morgan fingerprint density at radius 1 is 1.04 bits per heavy atom. The van der Waals surface area contributed by atoms with Gasteiger partial charge in [-0.2, -0.15) is 4.31 Å². The number of nitrogens with zero attached hydrogens (tertiary/aromatic N) is 2. The maximum Gasteiger partial charge on any atom is 0.243 e. The Hall–Kier alpha value is -1.93. The lowest BCUT2D eigenvalue weighted by Crippen LogP contribution is -2.51. The van der Waals surface area contributed by atoms with E-state index in [1.165, 1.54) is 4.31 Å². The smallest absolute Gasteiger partial charge is 0.243 e. The van der Waals surface area contributed by atoms with Crippen LogP contribution in [0, 0.1) is 0 Å². The second-order valence-corrected chi connectivity index (χ2v) is 9.21. The molecular formula is C20H24ClN3O3S. The van der Waals surface area contributed by atoms with Gasteiger partial charge in [0.2, 0.25) is 15.9 Å². The number of carbonyl (C=O) groups excluding carboxylic acids is 1. The van der Waals surface area contributed by atoms with E-state index in [1.807, 2.05) is 24.0 Å². The quantitative estimate of drug-likeness (QED) is 0.778. The highest BCUT2D eigenvalue weighted by Gasteiger charge is 2.29. The molecule has 0 spiro atoms. The van der Waals surface area contributed by atoms with Gasteiger partial charge in [-0.15, -0.1) is 0 Å². The molecule has 0 bridgehead atoms. The summed E-state index contributed by atoms with van der Waals surface area (Å²) in [5.41, 5.74) is 0.983. The minimum atomic E-state index is -3.48. The molecule has 150 valence electrons. The molecule has 28 heavy (non-hydrogen) atoms. The van der Waals surface area contributed by atoms with Gasteiger partial charge >= 0.3 is 0 Å². The molecule has 0 unspecified atom stereocenters. The predicted octanol–water partition coefficient (Wildman–Crippen LogP) is 2.52. The molecule has 1 saturated heterocycles. The largest absolute Gasteiger partial charge is 0.348 e. The summed E-state index contributed by atoms with van der Waals surface area (Å²) in [7, 11) is -3.48. The van der Waals surface area contributed by atoms with Gasteiger partial charge in [0.05, 0.1) is 17.5 Å². The first kappa shape index (κ1) is 20.8. The summed E-state index contributed by atoms with van der Waals surface area (Å²) in [6, 6.07) is 15.7. The van der Waals surface area contributed by atoms with Crippen molar-refractivity contribution in [2.75, 3.05) is 32.7 Å². The van der Waals surface area contributed by atoms with Crippen LogP contribution in [0.3, 0.4) is 0 Å². The number of sulfonamides is 1. The average molecular weight is 422 g/mol. The van der Waals surface area contributed by atoms with E-state index in [0.29, 0.717) is 36.1 Å². The molecule has 6 nitrogen and oxygen atoms in total. The Kier molecular flexibility index (Phi) is 6.72. The zero-order valence-electron chi connectivity index (χ0n) is 15.7. The molecule has 0 aromatic heterocycles. The third-order valence-electron chi connectivity index (χ3n) is 4.83. The zero-order chi connectivity index (χ0) is 20.1. The highest BCUT2D eigenvalue weighted by Crippen LogP contribution is 2.18. The van der Waals surface area contributed by atoms with E-state index in [2.05, 4.69) is 5.32 Å². The highest BCUT2D eigenvalue weighted by atomic mass is 35.5. The van der Waals surface area contributed by atoms with Crippen LogP contribution in [0.5, 0.6) is 0 Å². The van der Waals surface area contributed by atoms with E-state index in [-0.39, 0.29) is 18.5 Å². The molecule has 1 amide bonds. The zero-order valence-corrected chi connectivity index (χ0v) is 17.3. The van der Waals surface area contributed by atoms with Crippen LogP contribution in [0.4, 0.5) is 0 Å². The number of nitrogens with one attached hydrogen (secondary N) is 1. The van der Waals surface area contributed by atoms with Crippen molar-refractivity contribution < 1.29 is 13.2 Å². The van der Waals surface area contributed by atoms with Crippen molar-refractivity contribution in [1.82, 2.24) is 14.5 Å². The summed E-state index contributed by atoms with van der Waals surface area (Å²) in [6.45, 7) is 3.96. The van der Waals surface area contributed by atoms with Crippen molar-refractivity contribution in [3.63, 3.8) is 0 Å². The van der Waals surface area contributed by atoms with Gasteiger partial charge in [-0.25, -0.2) is 8.42 Å². The summed E-state index contributed by atoms with van der Waals surface area (Å²) in [4.78, 5) is 14.6. The van der Waals surface area contributed by atoms with Crippen molar-refractivity contribution in [3.05, 3.63) is 65.2 Å². The fourth-order valence-electron chi connectivity index (χ4n) is 3.19. The number of rotatable bonds is 6. The van der Waals surface area contributed by atoms with Gasteiger partial charge in [0.1, 0.15) is 0 Å². The summed E-state index contributed by atoms with van der Waals surface area (Å²) in [5, 5.41) is 3.63. The molecular weight excluding hydrogens is 398 g/mol. The second-order valence-electron chi connectivity index (χ2n) is 6.83. The lowest BCUT2D eigenvalue weighted by Gasteiger charge is -2.33. The number of halogens is 1. The van der Waals surface area contributed by atoms with Gasteiger partial charge in [-0.1, -0.05) is 41.9 Å². The Morgan fingerprint density at radius 3 is 2.25 bits per heavy atom. The molecule has 1 fully saturated rings. The summed E-state index contributed by atoms with van der Waals surface area (Å²) in [6.07, 6.45) is 0. The minimum Gasteiger partial charge on any atom is -0.348 e. The van der Waals surface area contributed by atoms with Gasteiger partial charge in [-0.3, -0.25) is 9.69 Å². The van der Waals surface area contributed by atoms with Crippen LogP contribution >= 0.6 is 11.6 Å². The van der Waals surface area contributed by atoms with Crippen LogP contribution in [0.1, 0.15) is 18.5 Å². The summed E-state index contributed by atoms with van der Waals surface area (Å²) >= 11 is 5.89. The van der Waals surface area contributed by atoms with E-state index in [0.717, 1.165) is 5.56 Å². The van der Waals surface area contributed by atoms with Gasteiger partial charge < -0.3 is 5.32 Å². The maximum absolute atomic E-state index is 12.7.